The van der Waals surface area contributed by atoms with Gasteiger partial charge in [-0.15, -0.1) is 0 Å². The van der Waals surface area contributed by atoms with Crippen molar-refractivity contribution in [3.63, 3.8) is 0 Å². The number of fused-ring (bicyclic) bond motifs is 3. The van der Waals surface area contributed by atoms with Gasteiger partial charge in [0.05, 0.1) is 6.04 Å². The van der Waals surface area contributed by atoms with Gasteiger partial charge in [-0.2, -0.15) is 0 Å². The van der Waals surface area contributed by atoms with Crippen LogP contribution in [0.3, 0.4) is 0 Å². The lowest BCUT2D eigenvalue weighted by Gasteiger charge is -2.22. The molecular weight excluding hydrogens is 405 g/mol. The molecule has 0 fully saturated rings. The van der Waals surface area contributed by atoms with Crippen molar-refractivity contribution in [2.24, 2.45) is 0 Å². The molecule has 1 aliphatic carbocycles. The van der Waals surface area contributed by atoms with Gasteiger partial charge < -0.3 is 15.2 Å². The van der Waals surface area contributed by atoms with Crippen LogP contribution >= 0.6 is 11.6 Å². The molecule has 0 saturated carbocycles. The fourth-order valence-corrected chi connectivity index (χ4v) is 4.22. The molecule has 2 atom stereocenters. The molecule has 30 heavy (non-hydrogen) atoms. The molecule has 0 radical (unpaired) electrons. The molecule has 1 aliphatic rings. The van der Waals surface area contributed by atoms with E-state index < -0.39 is 24.1 Å². The maximum absolute atomic E-state index is 14.0. The topological polar surface area (TPSA) is 58.6 Å². The Labute approximate surface area is 179 Å². The Morgan fingerprint density at radius 1 is 1.07 bits per heavy atom. The van der Waals surface area contributed by atoms with Gasteiger partial charge >= 0.3 is 6.09 Å². The normalized spacial score (nSPS) is 14.5. The molecular formula is C24H21ClFNO3. The Kier molecular flexibility index (Phi) is 5.75. The summed E-state index contributed by atoms with van der Waals surface area (Å²) in [5, 5.41) is 13.1. The first-order chi connectivity index (χ1) is 14.5. The van der Waals surface area contributed by atoms with E-state index in [4.69, 9.17) is 16.3 Å². The predicted octanol–water partition coefficient (Wildman–Crippen LogP) is 5.44. The third-order valence-corrected chi connectivity index (χ3v) is 5.79. The van der Waals surface area contributed by atoms with E-state index >= 15 is 0 Å². The van der Waals surface area contributed by atoms with Crippen molar-refractivity contribution < 1.29 is 19.0 Å². The molecule has 0 heterocycles. The number of aliphatic hydroxyl groups excluding tert-OH is 1. The lowest BCUT2D eigenvalue weighted by Crippen LogP contribution is -2.38. The SMILES string of the molecule is CC(NC(=O)OCC1c2ccccc2-c2ccccc21)C(O)c1c(F)cccc1Cl. The molecule has 0 bridgehead atoms. The second-order valence-corrected chi connectivity index (χ2v) is 7.75. The molecule has 3 aromatic rings. The van der Waals surface area contributed by atoms with Crippen LogP contribution in [0.5, 0.6) is 0 Å². The van der Waals surface area contributed by atoms with Crippen molar-refractivity contribution in [1.82, 2.24) is 5.32 Å². The van der Waals surface area contributed by atoms with Crippen LogP contribution in [0.25, 0.3) is 11.1 Å². The summed E-state index contributed by atoms with van der Waals surface area (Å²) in [7, 11) is 0. The zero-order valence-electron chi connectivity index (χ0n) is 16.3. The standard InChI is InChI=1S/C24H21ClFNO3/c1-14(23(28)22-20(25)11-6-12-21(22)26)27-24(29)30-13-19-17-9-4-2-7-15(17)16-8-3-5-10-18(16)19/h2-12,14,19,23,28H,13H2,1H3,(H,27,29). The van der Waals surface area contributed by atoms with Gasteiger partial charge in [-0.05, 0) is 41.3 Å². The summed E-state index contributed by atoms with van der Waals surface area (Å²) < 4.78 is 19.5. The van der Waals surface area contributed by atoms with Gasteiger partial charge in [0.15, 0.2) is 0 Å². The molecule has 154 valence electrons. The molecule has 3 aromatic carbocycles. The lowest BCUT2D eigenvalue weighted by molar-refractivity contribution is 0.107. The number of carbonyl (C=O) groups excluding carboxylic acids is 1. The Morgan fingerprint density at radius 3 is 2.27 bits per heavy atom. The predicted molar refractivity (Wildman–Crippen MR) is 114 cm³/mol. The summed E-state index contributed by atoms with van der Waals surface area (Å²) in [6, 6.07) is 19.5. The van der Waals surface area contributed by atoms with Crippen molar-refractivity contribution in [3.8, 4) is 11.1 Å². The van der Waals surface area contributed by atoms with Gasteiger partial charge in [0, 0.05) is 16.5 Å². The average Bonchev–Trinajstić information content (AvgIpc) is 3.06. The van der Waals surface area contributed by atoms with Crippen molar-refractivity contribution in [1.29, 1.82) is 0 Å². The van der Waals surface area contributed by atoms with Crippen LogP contribution < -0.4 is 5.32 Å². The first kappa shape index (κ1) is 20.4. The van der Waals surface area contributed by atoms with Gasteiger partial charge in [-0.3, -0.25) is 0 Å². The highest BCUT2D eigenvalue weighted by molar-refractivity contribution is 6.31. The molecule has 2 unspecified atom stereocenters. The van der Waals surface area contributed by atoms with E-state index in [1.54, 1.807) is 6.92 Å². The van der Waals surface area contributed by atoms with E-state index in [0.29, 0.717) is 0 Å². The largest absolute Gasteiger partial charge is 0.449 e. The number of amides is 1. The zero-order valence-corrected chi connectivity index (χ0v) is 17.1. The summed E-state index contributed by atoms with van der Waals surface area (Å²) in [6.45, 7) is 1.72. The van der Waals surface area contributed by atoms with E-state index in [0.717, 1.165) is 22.3 Å². The first-order valence-electron chi connectivity index (χ1n) is 9.71. The molecule has 2 N–H and O–H groups in total. The lowest BCUT2D eigenvalue weighted by atomic mass is 9.98. The smallest absolute Gasteiger partial charge is 0.407 e. The van der Waals surface area contributed by atoms with Crippen LogP contribution in [0.2, 0.25) is 5.02 Å². The molecule has 6 heteroatoms. The highest BCUT2D eigenvalue weighted by Crippen LogP contribution is 2.44. The van der Waals surface area contributed by atoms with Crippen molar-refractivity contribution in [2.45, 2.75) is 25.0 Å². The quantitative estimate of drug-likeness (QED) is 0.572. The summed E-state index contributed by atoms with van der Waals surface area (Å²) in [4.78, 5) is 12.4. The Bertz CT molecular complexity index is 1020. The minimum absolute atomic E-state index is 0.0504. The summed E-state index contributed by atoms with van der Waals surface area (Å²) >= 11 is 6.00. The second kappa shape index (κ2) is 8.46. The molecule has 4 rings (SSSR count). The van der Waals surface area contributed by atoms with E-state index in [1.165, 1.54) is 18.2 Å². The fourth-order valence-electron chi connectivity index (χ4n) is 3.95. The number of benzene rings is 3. The van der Waals surface area contributed by atoms with Crippen LogP contribution in [-0.4, -0.2) is 23.8 Å². The number of aliphatic hydroxyl groups is 1. The van der Waals surface area contributed by atoms with E-state index in [2.05, 4.69) is 17.4 Å². The minimum atomic E-state index is -1.31. The van der Waals surface area contributed by atoms with Crippen molar-refractivity contribution >= 4 is 17.7 Å². The molecule has 0 spiro atoms. The van der Waals surface area contributed by atoms with E-state index in [-0.39, 0.29) is 23.1 Å². The minimum Gasteiger partial charge on any atom is -0.449 e. The van der Waals surface area contributed by atoms with Crippen LogP contribution in [0, 0.1) is 5.82 Å². The first-order valence-corrected chi connectivity index (χ1v) is 10.1. The molecule has 0 aliphatic heterocycles. The maximum Gasteiger partial charge on any atom is 0.407 e. The van der Waals surface area contributed by atoms with Crippen LogP contribution in [0.4, 0.5) is 9.18 Å². The monoisotopic (exact) mass is 425 g/mol. The molecule has 0 saturated heterocycles. The number of halogens is 2. The summed E-state index contributed by atoms with van der Waals surface area (Å²) in [6.07, 6.45) is -1.99. The Hall–Kier alpha value is -2.89. The van der Waals surface area contributed by atoms with Crippen LogP contribution in [-0.2, 0) is 4.74 Å². The summed E-state index contributed by atoms with van der Waals surface area (Å²) in [5.74, 6) is -0.694. The number of nitrogens with one attached hydrogen (secondary N) is 1. The number of hydrogen-bond donors (Lipinski definition) is 2. The maximum atomic E-state index is 14.0. The highest BCUT2D eigenvalue weighted by Gasteiger charge is 2.30. The number of alkyl carbamates (subject to hydrolysis) is 1. The van der Waals surface area contributed by atoms with Gasteiger partial charge in [0.2, 0.25) is 0 Å². The fraction of sp³-hybridized carbons (Fsp3) is 0.208. The van der Waals surface area contributed by atoms with Gasteiger partial charge in [0.1, 0.15) is 18.5 Å². The number of rotatable bonds is 5. The third kappa shape index (κ3) is 3.78. The average molecular weight is 426 g/mol. The third-order valence-electron chi connectivity index (χ3n) is 5.46. The molecule has 0 aromatic heterocycles. The molecule has 4 nitrogen and oxygen atoms in total. The number of hydrogen-bond acceptors (Lipinski definition) is 3. The van der Waals surface area contributed by atoms with Crippen LogP contribution in [0.1, 0.15) is 35.6 Å². The van der Waals surface area contributed by atoms with Crippen molar-refractivity contribution in [2.75, 3.05) is 6.61 Å². The molecule has 1 amide bonds. The Balaban J connectivity index is 1.43. The van der Waals surface area contributed by atoms with Gasteiger partial charge in [-0.25, -0.2) is 9.18 Å². The highest BCUT2D eigenvalue weighted by atomic mass is 35.5. The zero-order chi connectivity index (χ0) is 21.3. The Morgan fingerprint density at radius 2 is 1.67 bits per heavy atom. The summed E-state index contributed by atoms with van der Waals surface area (Å²) in [5.41, 5.74) is 4.45. The number of carbonyl (C=O) groups is 1. The van der Waals surface area contributed by atoms with E-state index in [9.17, 15) is 14.3 Å². The van der Waals surface area contributed by atoms with Gasteiger partial charge in [0.25, 0.3) is 0 Å². The van der Waals surface area contributed by atoms with Gasteiger partial charge in [-0.1, -0.05) is 66.2 Å². The second-order valence-electron chi connectivity index (χ2n) is 7.34. The number of ether oxygens (including phenoxy) is 1. The van der Waals surface area contributed by atoms with Crippen LogP contribution in [0.15, 0.2) is 66.7 Å². The van der Waals surface area contributed by atoms with Crippen molar-refractivity contribution in [3.05, 3.63) is 94.3 Å². The van der Waals surface area contributed by atoms with E-state index in [1.807, 2.05) is 36.4 Å².